The van der Waals surface area contributed by atoms with Crippen LogP contribution in [0.1, 0.15) is 37.2 Å². The number of amides is 2. The average Bonchev–Trinajstić information content (AvgIpc) is 3.42. The summed E-state index contributed by atoms with van der Waals surface area (Å²) >= 11 is 0.736. The molecular formula is C21H24FN3O5S2. The van der Waals surface area contributed by atoms with Crippen molar-refractivity contribution in [2.45, 2.75) is 41.7 Å². The van der Waals surface area contributed by atoms with Crippen molar-refractivity contribution in [3.63, 3.8) is 0 Å². The molecule has 1 saturated carbocycles. The van der Waals surface area contributed by atoms with Crippen LogP contribution in [-0.2, 0) is 19.4 Å². The van der Waals surface area contributed by atoms with Gasteiger partial charge in [0.15, 0.2) is 20.1 Å². The van der Waals surface area contributed by atoms with Crippen LogP contribution in [0.2, 0.25) is 0 Å². The number of carbonyl (C=O) groups excluding carboxylic acids is 2. The van der Waals surface area contributed by atoms with E-state index < -0.39 is 27.0 Å². The van der Waals surface area contributed by atoms with Gasteiger partial charge in [0.25, 0.3) is 0 Å². The third kappa shape index (κ3) is 4.93. The van der Waals surface area contributed by atoms with Crippen LogP contribution >= 0.6 is 11.3 Å². The number of hydrogen-bond donors (Lipinski definition) is 1. The lowest BCUT2D eigenvalue weighted by Crippen LogP contribution is -2.29. The second-order valence-corrected chi connectivity index (χ2v) is 11.3. The number of hydrogen-bond acceptors (Lipinski definition) is 7. The number of likely N-dealkylation sites (tertiary alicyclic amines) is 1. The van der Waals surface area contributed by atoms with Crippen molar-refractivity contribution >= 4 is 38.3 Å². The number of nitrogens with one attached hydrogen (secondary N) is 1. The summed E-state index contributed by atoms with van der Waals surface area (Å²) in [6.07, 6.45) is 3.16. The zero-order valence-corrected chi connectivity index (χ0v) is 19.1. The summed E-state index contributed by atoms with van der Waals surface area (Å²) in [5.41, 5.74) is 0.658. The molecule has 2 aliphatic rings. The van der Waals surface area contributed by atoms with Gasteiger partial charge in [0.1, 0.15) is 0 Å². The van der Waals surface area contributed by atoms with Gasteiger partial charge >= 0.3 is 6.09 Å². The molecule has 0 spiro atoms. The predicted octanol–water partition coefficient (Wildman–Crippen LogP) is 3.42. The normalized spacial score (nSPS) is 19.6. The molecule has 2 fully saturated rings. The minimum atomic E-state index is -3.33. The van der Waals surface area contributed by atoms with Gasteiger partial charge in [-0.25, -0.2) is 18.2 Å². The molecule has 2 aromatic rings. The molecule has 0 unspecified atom stereocenters. The summed E-state index contributed by atoms with van der Waals surface area (Å²) in [6, 6.07) is 6.41. The molecule has 0 radical (unpaired) electrons. The minimum Gasteiger partial charge on any atom is -0.453 e. The Labute approximate surface area is 189 Å². The van der Waals surface area contributed by atoms with Crippen LogP contribution in [0.25, 0.3) is 0 Å². The molecule has 32 heavy (non-hydrogen) atoms. The highest BCUT2D eigenvalue weighted by Gasteiger charge is 2.37. The van der Waals surface area contributed by atoms with E-state index in [0.717, 1.165) is 24.0 Å². The SMILES string of the molecule is COC(=O)N1CC[C@H](C[C@@H](C(=O)Nc2ncc(F)s2)c2ccc(S(=O)(=O)C3CC3)cc2)C1. The molecule has 172 valence electrons. The first-order valence-corrected chi connectivity index (χ1v) is 12.7. The highest BCUT2D eigenvalue weighted by atomic mass is 32.2. The second-order valence-electron chi connectivity index (χ2n) is 8.13. The second kappa shape index (κ2) is 9.14. The van der Waals surface area contributed by atoms with E-state index in [4.69, 9.17) is 4.74 Å². The summed E-state index contributed by atoms with van der Waals surface area (Å²) in [6.45, 7) is 1.01. The molecule has 2 atom stereocenters. The molecule has 2 heterocycles. The number of halogens is 1. The number of aromatic nitrogens is 1. The first kappa shape index (κ1) is 22.7. The first-order valence-electron chi connectivity index (χ1n) is 10.4. The summed E-state index contributed by atoms with van der Waals surface area (Å²) in [5, 5.41) is 2.00. The lowest BCUT2D eigenvalue weighted by Gasteiger charge is -2.21. The number of sulfone groups is 1. The van der Waals surface area contributed by atoms with Gasteiger partial charge in [-0.15, -0.1) is 0 Å². The maximum absolute atomic E-state index is 13.3. The van der Waals surface area contributed by atoms with Gasteiger partial charge < -0.3 is 15.0 Å². The van der Waals surface area contributed by atoms with Crippen LogP contribution in [0.5, 0.6) is 0 Å². The van der Waals surface area contributed by atoms with E-state index in [9.17, 15) is 22.4 Å². The Hall–Kier alpha value is -2.53. The largest absolute Gasteiger partial charge is 0.453 e. The Balaban J connectivity index is 1.54. The Kier molecular flexibility index (Phi) is 6.47. The third-order valence-electron chi connectivity index (χ3n) is 5.89. The molecule has 1 aliphatic heterocycles. The van der Waals surface area contributed by atoms with Crippen LogP contribution in [0.4, 0.5) is 14.3 Å². The van der Waals surface area contributed by atoms with E-state index in [1.807, 2.05) is 0 Å². The number of benzene rings is 1. The summed E-state index contributed by atoms with van der Waals surface area (Å²) < 4.78 is 43.1. The highest BCUT2D eigenvalue weighted by Crippen LogP contribution is 2.35. The molecule has 1 aromatic heterocycles. The lowest BCUT2D eigenvalue weighted by atomic mass is 9.87. The van der Waals surface area contributed by atoms with Gasteiger partial charge in [-0.05, 0) is 49.3 Å². The molecule has 4 rings (SSSR count). The molecule has 2 amide bonds. The molecular weight excluding hydrogens is 457 g/mol. The predicted molar refractivity (Wildman–Crippen MR) is 117 cm³/mol. The van der Waals surface area contributed by atoms with Gasteiger partial charge in [0, 0.05) is 13.1 Å². The van der Waals surface area contributed by atoms with Gasteiger partial charge in [-0.2, -0.15) is 4.39 Å². The zero-order valence-electron chi connectivity index (χ0n) is 17.5. The van der Waals surface area contributed by atoms with Crippen LogP contribution in [0, 0.1) is 11.0 Å². The Morgan fingerprint density at radius 1 is 1.28 bits per heavy atom. The molecule has 1 aromatic carbocycles. The van der Waals surface area contributed by atoms with Crippen molar-refractivity contribution in [3.8, 4) is 0 Å². The average molecular weight is 482 g/mol. The van der Waals surface area contributed by atoms with E-state index in [0.29, 0.717) is 37.9 Å². The molecule has 0 bridgehead atoms. The van der Waals surface area contributed by atoms with E-state index in [2.05, 4.69) is 10.3 Å². The number of carbonyl (C=O) groups is 2. The van der Waals surface area contributed by atoms with E-state index in [-0.39, 0.29) is 27.1 Å². The Morgan fingerprint density at radius 3 is 2.59 bits per heavy atom. The molecule has 1 aliphatic carbocycles. The van der Waals surface area contributed by atoms with Crippen LogP contribution in [0.15, 0.2) is 35.4 Å². The van der Waals surface area contributed by atoms with Gasteiger partial charge in [-0.3, -0.25) is 4.79 Å². The zero-order chi connectivity index (χ0) is 22.9. The van der Waals surface area contributed by atoms with Crippen molar-refractivity contribution in [1.82, 2.24) is 9.88 Å². The number of methoxy groups -OCH3 is 1. The highest BCUT2D eigenvalue weighted by molar-refractivity contribution is 7.92. The van der Waals surface area contributed by atoms with E-state index >= 15 is 0 Å². The Morgan fingerprint density at radius 2 is 2.00 bits per heavy atom. The molecule has 1 N–H and O–H groups in total. The van der Waals surface area contributed by atoms with Crippen molar-refractivity contribution in [3.05, 3.63) is 41.2 Å². The van der Waals surface area contributed by atoms with E-state index in [1.165, 1.54) is 7.11 Å². The molecule has 1 saturated heterocycles. The third-order valence-corrected chi connectivity index (χ3v) is 8.87. The fourth-order valence-corrected chi connectivity index (χ4v) is 6.22. The fourth-order valence-electron chi connectivity index (χ4n) is 4.01. The number of ether oxygens (including phenoxy) is 1. The number of anilines is 1. The van der Waals surface area contributed by atoms with Crippen molar-refractivity contribution in [1.29, 1.82) is 0 Å². The quantitative estimate of drug-likeness (QED) is 0.650. The maximum Gasteiger partial charge on any atom is 0.409 e. The van der Waals surface area contributed by atoms with Crippen LogP contribution in [-0.4, -0.2) is 55.8 Å². The monoisotopic (exact) mass is 481 g/mol. The van der Waals surface area contributed by atoms with Gasteiger partial charge in [0.2, 0.25) is 5.91 Å². The lowest BCUT2D eigenvalue weighted by molar-refractivity contribution is -0.118. The van der Waals surface area contributed by atoms with Gasteiger partial charge in [-0.1, -0.05) is 23.5 Å². The summed E-state index contributed by atoms with van der Waals surface area (Å²) in [7, 11) is -2.00. The Bertz CT molecular complexity index is 1100. The molecule has 11 heteroatoms. The fraction of sp³-hybridized carbons (Fsp3) is 0.476. The van der Waals surface area contributed by atoms with Crippen LogP contribution < -0.4 is 5.32 Å². The smallest absolute Gasteiger partial charge is 0.409 e. The number of rotatable bonds is 7. The maximum atomic E-state index is 13.3. The number of thiazole rings is 1. The summed E-state index contributed by atoms with van der Waals surface area (Å²) in [5.74, 6) is -0.899. The first-order chi connectivity index (χ1) is 15.3. The number of nitrogens with zero attached hydrogens (tertiary/aromatic N) is 2. The van der Waals surface area contributed by atoms with Crippen LogP contribution in [0.3, 0.4) is 0 Å². The van der Waals surface area contributed by atoms with Crippen molar-refractivity contribution < 1.29 is 27.1 Å². The van der Waals surface area contributed by atoms with Crippen molar-refractivity contribution in [2.75, 3.05) is 25.5 Å². The topological polar surface area (TPSA) is 106 Å². The minimum absolute atomic E-state index is 0.0627. The van der Waals surface area contributed by atoms with E-state index in [1.54, 1.807) is 29.2 Å². The summed E-state index contributed by atoms with van der Waals surface area (Å²) in [4.78, 5) is 30.6. The van der Waals surface area contributed by atoms with Gasteiger partial charge in [0.05, 0.1) is 29.4 Å². The molecule has 8 nitrogen and oxygen atoms in total. The van der Waals surface area contributed by atoms with Crippen molar-refractivity contribution in [2.24, 2.45) is 5.92 Å². The standard InChI is InChI=1S/C21H24FN3O5S2/c1-30-21(27)25-9-8-13(12-25)10-17(19(26)24-20-23-11-18(22)31-20)14-2-4-15(5-3-14)32(28,29)16-6-7-16/h2-5,11,13,16-17H,6-10,12H2,1H3,(H,23,24,26)/t13-,17-/m1/s1.